The lowest BCUT2D eigenvalue weighted by atomic mass is 9.54. The van der Waals surface area contributed by atoms with Gasteiger partial charge in [0.15, 0.2) is 0 Å². The Bertz CT molecular complexity index is 861. The third-order valence-electron chi connectivity index (χ3n) is 7.83. The highest BCUT2D eigenvalue weighted by molar-refractivity contribution is 5.24. The molecule has 0 spiro atoms. The highest BCUT2D eigenvalue weighted by atomic mass is 17.4. The molecule has 0 unspecified atom stereocenters. The molecule has 5 nitrogen and oxygen atoms in total. The minimum absolute atomic E-state index is 0.679. The third-order valence-corrected chi connectivity index (χ3v) is 7.83. The van der Waals surface area contributed by atoms with Crippen LogP contribution in [0.15, 0.2) is 48.5 Å². The van der Waals surface area contributed by atoms with E-state index in [-0.39, 0.29) is 0 Å². The summed E-state index contributed by atoms with van der Waals surface area (Å²) < 4.78 is 0. The molecule has 0 amide bonds. The number of rotatable bonds is 5. The van der Waals surface area contributed by atoms with Crippen molar-refractivity contribution in [3.63, 3.8) is 0 Å². The maximum Gasteiger partial charge on any atom is 0.249 e. The molecule has 4 aliphatic carbocycles. The van der Waals surface area contributed by atoms with Crippen molar-refractivity contribution < 1.29 is 19.6 Å². The van der Waals surface area contributed by atoms with Gasteiger partial charge in [0.25, 0.3) is 0 Å². The lowest BCUT2D eigenvalue weighted by Gasteiger charge is -2.54. The molecule has 2 aromatic rings. The van der Waals surface area contributed by atoms with E-state index >= 15 is 0 Å². The number of nitrogens with one attached hydrogen (secondary N) is 1. The van der Waals surface area contributed by atoms with Gasteiger partial charge in [0.2, 0.25) is 12.6 Å². The van der Waals surface area contributed by atoms with Gasteiger partial charge in [-0.25, -0.2) is 0 Å². The summed E-state index contributed by atoms with van der Waals surface area (Å²) in [6, 6.07) is 16.9. The van der Waals surface area contributed by atoms with Crippen molar-refractivity contribution in [1.29, 1.82) is 0 Å². The summed E-state index contributed by atoms with van der Waals surface area (Å²) in [5, 5.41) is 3.90. The van der Waals surface area contributed by atoms with Gasteiger partial charge in [-0.2, -0.15) is 19.6 Å². The quantitative estimate of drug-likeness (QED) is 0.645. The zero-order chi connectivity index (χ0) is 20.8. The second-order valence-electron chi connectivity index (χ2n) is 10.0. The average molecular weight is 422 g/mol. The highest BCUT2D eigenvalue weighted by Gasteiger charge is 2.47. The summed E-state index contributed by atoms with van der Waals surface area (Å²) in [7, 11) is 0. The molecule has 0 radical (unpaired) electrons. The average Bonchev–Trinajstić information content (AvgIpc) is 2.79. The van der Waals surface area contributed by atoms with Crippen LogP contribution in [0.2, 0.25) is 0 Å². The second kappa shape index (κ2) is 8.30. The predicted octanol–water partition coefficient (Wildman–Crippen LogP) is 5.52. The Morgan fingerprint density at radius 3 is 1.68 bits per heavy atom. The molecule has 1 saturated heterocycles. The van der Waals surface area contributed by atoms with Crippen molar-refractivity contribution in [2.75, 3.05) is 0 Å². The number of hydrogen-bond acceptors (Lipinski definition) is 5. The predicted molar refractivity (Wildman–Crippen MR) is 115 cm³/mol. The molecule has 1 heterocycles. The standard InChI is InChI=1S/C26H31NO4/c1-16-2-6-20(7-3-16)25-28-30-26(31-29-25)21-8-4-17(5-9-21)15-27-24-22-11-18-10-19(13-22)14-23(24)12-18/h2-9,18-19,22-27H,10-15H2,1H3. The van der Waals surface area contributed by atoms with Crippen molar-refractivity contribution in [2.24, 2.45) is 23.7 Å². The van der Waals surface area contributed by atoms with Crippen LogP contribution in [-0.4, -0.2) is 6.04 Å². The van der Waals surface area contributed by atoms with E-state index in [1.807, 2.05) is 43.3 Å². The van der Waals surface area contributed by atoms with Gasteiger partial charge in [-0.15, -0.1) is 0 Å². The van der Waals surface area contributed by atoms with Gasteiger partial charge >= 0.3 is 0 Å². The summed E-state index contributed by atoms with van der Waals surface area (Å²) in [6.45, 7) is 2.96. The maximum atomic E-state index is 5.46. The molecular weight excluding hydrogens is 390 g/mol. The lowest BCUT2D eigenvalue weighted by molar-refractivity contribution is -0.600. The van der Waals surface area contributed by atoms with Crippen LogP contribution in [0.3, 0.4) is 0 Å². The van der Waals surface area contributed by atoms with Crippen LogP contribution in [0.4, 0.5) is 0 Å². The van der Waals surface area contributed by atoms with Crippen LogP contribution < -0.4 is 5.32 Å². The molecule has 31 heavy (non-hydrogen) atoms. The third kappa shape index (κ3) is 4.06. The van der Waals surface area contributed by atoms with E-state index in [1.54, 1.807) is 0 Å². The molecule has 0 aromatic heterocycles. The van der Waals surface area contributed by atoms with E-state index in [4.69, 9.17) is 19.6 Å². The summed E-state index contributed by atoms with van der Waals surface area (Å²) in [5.74, 6) is 3.83. The Labute approximate surface area is 183 Å². The fraction of sp³-hybridized carbons (Fsp3) is 0.538. The first-order chi connectivity index (χ1) is 15.2. The van der Waals surface area contributed by atoms with Gasteiger partial charge in [-0.1, -0.05) is 54.1 Å². The van der Waals surface area contributed by atoms with Crippen molar-refractivity contribution in [3.8, 4) is 0 Å². The zero-order valence-corrected chi connectivity index (χ0v) is 18.0. The van der Waals surface area contributed by atoms with Crippen LogP contribution in [-0.2, 0) is 26.1 Å². The van der Waals surface area contributed by atoms with Crippen LogP contribution in [0.1, 0.15) is 66.9 Å². The van der Waals surface area contributed by atoms with Gasteiger partial charge in [0, 0.05) is 23.7 Å². The molecule has 2 aromatic carbocycles. The Hall–Kier alpha value is -1.76. The Balaban J connectivity index is 1.02. The fourth-order valence-corrected chi connectivity index (χ4v) is 6.47. The zero-order valence-electron chi connectivity index (χ0n) is 18.0. The topological polar surface area (TPSA) is 49.0 Å². The van der Waals surface area contributed by atoms with Crippen molar-refractivity contribution in [3.05, 3.63) is 70.8 Å². The van der Waals surface area contributed by atoms with Crippen molar-refractivity contribution >= 4 is 0 Å². The minimum atomic E-state index is -0.687. The van der Waals surface area contributed by atoms with Crippen molar-refractivity contribution in [1.82, 2.24) is 5.32 Å². The molecule has 1 aliphatic heterocycles. The number of benzene rings is 2. The maximum absolute atomic E-state index is 5.46. The molecule has 1 N–H and O–H groups in total. The molecular formula is C26H31NO4. The summed E-state index contributed by atoms with van der Waals surface area (Å²) in [5.41, 5.74) is 4.20. The Morgan fingerprint density at radius 1 is 0.677 bits per heavy atom. The van der Waals surface area contributed by atoms with E-state index in [0.717, 1.165) is 41.3 Å². The van der Waals surface area contributed by atoms with Crippen LogP contribution >= 0.6 is 0 Å². The fourth-order valence-electron chi connectivity index (χ4n) is 6.47. The normalized spacial score (nSPS) is 36.6. The van der Waals surface area contributed by atoms with Gasteiger partial charge in [-0.05, 0) is 68.3 Å². The van der Waals surface area contributed by atoms with E-state index in [0.29, 0.717) is 6.04 Å². The van der Waals surface area contributed by atoms with Crippen LogP contribution in [0.25, 0.3) is 0 Å². The van der Waals surface area contributed by atoms with Gasteiger partial charge in [0.05, 0.1) is 0 Å². The highest BCUT2D eigenvalue weighted by Crippen LogP contribution is 2.53. The van der Waals surface area contributed by atoms with E-state index in [9.17, 15) is 0 Å². The van der Waals surface area contributed by atoms with Crippen molar-refractivity contribution in [2.45, 2.75) is 64.2 Å². The molecule has 0 atom stereocenters. The molecule has 5 aliphatic rings. The Morgan fingerprint density at radius 2 is 1.16 bits per heavy atom. The first kappa shape index (κ1) is 19.9. The first-order valence-corrected chi connectivity index (χ1v) is 11.7. The summed E-state index contributed by atoms with van der Waals surface area (Å²) in [4.78, 5) is 21.8. The van der Waals surface area contributed by atoms with E-state index < -0.39 is 12.6 Å². The summed E-state index contributed by atoms with van der Waals surface area (Å²) >= 11 is 0. The van der Waals surface area contributed by atoms with Gasteiger partial charge in [0.1, 0.15) is 0 Å². The minimum Gasteiger partial charge on any atom is -0.309 e. The lowest BCUT2D eigenvalue weighted by Crippen LogP contribution is -2.54. The SMILES string of the molecule is Cc1ccc(C2OOC(c3ccc(CNC4C5CC6CC(C5)CC4C6)cc3)OO2)cc1. The smallest absolute Gasteiger partial charge is 0.249 e. The van der Waals surface area contributed by atoms with Gasteiger partial charge in [-0.3, -0.25) is 0 Å². The molecule has 4 saturated carbocycles. The van der Waals surface area contributed by atoms with Crippen LogP contribution in [0, 0.1) is 30.6 Å². The molecule has 5 fully saturated rings. The molecule has 164 valence electrons. The first-order valence-electron chi connectivity index (χ1n) is 11.7. The molecule has 7 rings (SSSR count). The molecule has 4 bridgehead atoms. The largest absolute Gasteiger partial charge is 0.309 e. The van der Waals surface area contributed by atoms with Gasteiger partial charge < -0.3 is 5.32 Å². The number of hydrogen-bond donors (Lipinski definition) is 1. The van der Waals surface area contributed by atoms with E-state index in [2.05, 4.69) is 17.4 Å². The van der Waals surface area contributed by atoms with E-state index in [1.165, 1.54) is 43.2 Å². The second-order valence-corrected chi connectivity index (χ2v) is 10.0. The molecule has 5 heteroatoms. The van der Waals surface area contributed by atoms with Crippen LogP contribution in [0.5, 0.6) is 0 Å². The monoisotopic (exact) mass is 421 g/mol. The Kier molecular flexibility index (Phi) is 5.33. The summed E-state index contributed by atoms with van der Waals surface area (Å²) in [6.07, 6.45) is 5.93. The number of aryl methyl sites for hydroxylation is 1.